The first-order valence-electron chi connectivity index (χ1n) is 16.3. The van der Waals surface area contributed by atoms with Crippen LogP contribution in [0.3, 0.4) is 0 Å². The molecule has 0 saturated carbocycles. The Labute approximate surface area is 279 Å². The van der Waals surface area contributed by atoms with Crippen LogP contribution in [-0.4, -0.2) is 0 Å². The Morgan fingerprint density at radius 1 is 0.333 bits per heavy atom. The van der Waals surface area contributed by atoms with Gasteiger partial charge in [0.1, 0.15) is 11.3 Å². The van der Waals surface area contributed by atoms with Crippen molar-refractivity contribution in [2.45, 2.75) is 0 Å². The Morgan fingerprint density at radius 3 is 1.71 bits per heavy atom. The quantitative estimate of drug-likeness (QED) is 0.185. The summed E-state index contributed by atoms with van der Waals surface area (Å²) in [5, 5.41) is 6.02. The average Bonchev–Trinajstić information content (AvgIpc) is 3.60. The fourth-order valence-electron chi connectivity index (χ4n) is 6.78. The van der Waals surface area contributed by atoms with Crippen molar-refractivity contribution in [3.05, 3.63) is 188 Å². The Kier molecular flexibility index (Phi) is 6.84. The van der Waals surface area contributed by atoms with Gasteiger partial charge in [-0.05, 0) is 86.9 Å². The van der Waals surface area contributed by atoms with Crippen molar-refractivity contribution in [2.75, 3.05) is 4.90 Å². The van der Waals surface area contributed by atoms with Gasteiger partial charge in [-0.15, -0.1) is 0 Å². The first-order chi connectivity index (χ1) is 23.8. The molecule has 2 heteroatoms. The molecule has 0 saturated heterocycles. The van der Waals surface area contributed by atoms with Gasteiger partial charge in [0.05, 0.1) is 5.69 Å². The van der Waals surface area contributed by atoms with Crippen LogP contribution in [0.25, 0.3) is 66.1 Å². The molecule has 1 aromatic heterocycles. The number of rotatable bonds is 6. The highest BCUT2D eigenvalue weighted by Crippen LogP contribution is 2.40. The molecule has 8 aromatic carbocycles. The van der Waals surface area contributed by atoms with Crippen LogP contribution in [0.4, 0.5) is 17.1 Å². The number of fused-ring (bicyclic) bond motifs is 3. The van der Waals surface area contributed by atoms with Crippen LogP contribution < -0.4 is 4.90 Å². The first kappa shape index (κ1) is 27.9. The van der Waals surface area contributed by atoms with E-state index < -0.39 is 0 Å². The molecule has 0 aliphatic heterocycles. The van der Waals surface area contributed by atoms with Crippen molar-refractivity contribution >= 4 is 49.6 Å². The third-order valence-corrected chi connectivity index (χ3v) is 9.25. The highest BCUT2D eigenvalue weighted by molar-refractivity contribution is 6.00. The lowest BCUT2D eigenvalue weighted by molar-refractivity contribution is 0.631. The minimum Gasteiger partial charge on any atom is -0.456 e. The van der Waals surface area contributed by atoms with E-state index in [-0.39, 0.29) is 0 Å². The number of nitrogens with zero attached hydrogens (tertiary/aromatic N) is 1. The standard InChI is InChI=1S/C46H31NO/c1-2-11-38-30-42(28-25-32(38)9-1)47(44-17-8-13-36-10-3-5-16-43(36)44)41-26-23-34(24-27-41)33-19-21-35(22-20-33)37-14-7-15-39(29-37)46-31-40-12-4-6-18-45(40)48-46/h1-31H. The van der Waals surface area contributed by atoms with Crippen LogP contribution in [-0.2, 0) is 0 Å². The molecule has 0 spiro atoms. The number of hydrogen-bond donors (Lipinski definition) is 0. The fourth-order valence-corrected chi connectivity index (χ4v) is 6.78. The summed E-state index contributed by atoms with van der Waals surface area (Å²) in [7, 11) is 0. The molecule has 0 N–H and O–H groups in total. The molecular formula is C46H31NO. The summed E-state index contributed by atoms with van der Waals surface area (Å²) in [5.74, 6) is 0.885. The van der Waals surface area contributed by atoms with E-state index in [1.165, 1.54) is 38.2 Å². The van der Waals surface area contributed by atoms with Gasteiger partial charge >= 0.3 is 0 Å². The van der Waals surface area contributed by atoms with Gasteiger partial charge in [0.2, 0.25) is 0 Å². The van der Waals surface area contributed by atoms with Gasteiger partial charge in [-0.1, -0.05) is 140 Å². The van der Waals surface area contributed by atoms with Crippen molar-refractivity contribution in [3.8, 4) is 33.6 Å². The van der Waals surface area contributed by atoms with E-state index in [1.807, 2.05) is 18.2 Å². The van der Waals surface area contributed by atoms with Gasteiger partial charge in [0.15, 0.2) is 0 Å². The van der Waals surface area contributed by atoms with E-state index in [2.05, 4.69) is 175 Å². The molecule has 0 aliphatic carbocycles. The predicted molar refractivity (Wildman–Crippen MR) is 202 cm³/mol. The second-order valence-corrected chi connectivity index (χ2v) is 12.2. The lowest BCUT2D eigenvalue weighted by Crippen LogP contribution is -2.10. The van der Waals surface area contributed by atoms with Gasteiger partial charge in [-0.2, -0.15) is 0 Å². The summed E-state index contributed by atoms with van der Waals surface area (Å²) in [6.07, 6.45) is 0. The van der Waals surface area contributed by atoms with Gasteiger partial charge in [0.25, 0.3) is 0 Å². The molecule has 0 atom stereocenters. The highest BCUT2D eigenvalue weighted by atomic mass is 16.3. The summed E-state index contributed by atoms with van der Waals surface area (Å²) >= 11 is 0. The van der Waals surface area contributed by atoms with Crippen molar-refractivity contribution < 1.29 is 4.42 Å². The third kappa shape index (κ3) is 5.10. The molecule has 2 nitrogen and oxygen atoms in total. The van der Waals surface area contributed by atoms with E-state index >= 15 is 0 Å². The number of anilines is 3. The second kappa shape index (κ2) is 11.8. The molecular weight excluding hydrogens is 583 g/mol. The molecule has 0 bridgehead atoms. The van der Waals surface area contributed by atoms with Crippen molar-refractivity contribution in [1.29, 1.82) is 0 Å². The molecule has 0 aliphatic rings. The lowest BCUT2D eigenvalue weighted by Gasteiger charge is -2.27. The zero-order valence-corrected chi connectivity index (χ0v) is 26.3. The summed E-state index contributed by atoms with van der Waals surface area (Å²) in [5.41, 5.74) is 10.1. The molecule has 0 amide bonds. The SMILES string of the molecule is c1cc(-c2ccc(-c3ccc(N(c4ccc5ccccc5c4)c4cccc5ccccc45)cc3)cc2)cc(-c2cc3ccccc3o2)c1. The van der Waals surface area contributed by atoms with Gasteiger partial charge in [-0.3, -0.25) is 0 Å². The van der Waals surface area contributed by atoms with Crippen molar-refractivity contribution in [1.82, 2.24) is 0 Å². The molecule has 1 heterocycles. The van der Waals surface area contributed by atoms with Crippen LogP contribution in [0.2, 0.25) is 0 Å². The summed E-state index contributed by atoms with van der Waals surface area (Å²) in [4.78, 5) is 2.37. The Balaban J connectivity index is 1.05. The summed E-state index contributed by atoms with van der Waals surface area (Å²) < 4.78 is 6.14. The van der Waals surface area contributed by atoms with Crippen LogP contribution in [0.1, 0.15) is 0 Å². The summed E-state index contributed by atoms with van der Waals surface area (Å²) in [6, 6.07) is 67.0. The molecule has 0 unspecified atom stereocenters. The van der Waals surface area contributed by atoms with E-state index in [0.29, 0.717) is 0 Å². The van der Waals surface area contributed by atoms with Crippen LogP contribution in [0, 0.1) is 0 Å². The zero-order chi connectivity index (χ0) is 31.9. The normalized spacial score (nSPS) is 11.3. The predicted octanol–water partition coefficient (Wildman–Crippen LogP) is 13.2. The third-order valence-electron chi connectivity index (χ3n) is 9.25. The fraction of sp³-hybridized carbons (Fsp3) is 0. The number of furan rings is 1. The van der Waals surface area contributed by atoms with Crippen molar-refractivity contribution in [2.24, 2.45) is 0 Å². The molecule has 48 heavy (non-hydrogen) atoms. The first-order valence-corrected chi connectivity index (χ1v) is 16.3. The van der Waals surface area contributed by atoms with Crippen LogP contribution in [0.15, 0.2) is 192 Å². The van der Waals surface area contributed by atoms with E-state index in [4.69, 9.17) is 4.42 Å². The second-order valence-electron chi connectivity index (χ2n) is 12.2. The largest absolute Gasteiger partial charge is 0.456 e. The topological polar surface area (TPSA) is 16.4 Å². The maximum absolute atomic E-state index is 6.14. The Bertz CT molecular complexity index is 2520. The number of para-hydroxylation sites is 1. The van der Waals surface area contributed by atoms with Crippen molar-refractivity contribution in [3.63, 3.8) is 0 Å². The molecule has 0 fully saturated rings. The van der Waals surface area contributed by atoms with Gasteiger partial charge in [-0.25, -0.2) is 0 Å². The highest BCUT2D eigenvalue weighted by Gasteiger charge is 2.16. The molecule has 0 radical (unpaired) electrons. The Morgan fingerprint density at radius 2 is 0.917 bits per heavy atom. The van der Waals surface area contributed by atoms with Gasteiger partial charge in [0, 0.05) is 27.7 Å². The van der Waals surface area contributed by atoms with E-state index in [9.17, 15) is 0 Å². The molecule has 226 valence electrons. The summed E-state index contributed by atoms with van der Waals surface area (Å²) in [6.45, 7) is 0. The average molecular weight is 614 g/mol. The minimum atomic E-state index is 0.885. The number of hydrogen-bond acceptors (Lipinski definition) is 2. The molecule has 9 rings (SSSR count). The maximum atomic E-state index is 6.14. The maximum Gasteiger partial charge on any atom is 0.135 e. The Hall–Kier alpha value is -6.38. The van der Waals surface area contributed by atoms with Crippen LogP contribution >= 0.6 is 0 Å². The number of benzene rings is 8. The monoisotopic (exact) mass is 613 g/mol. The van der Waals surface area contributed by atoms with Crippen LogP contribution in [0.5, 0.6) is 0 Å². The zero-order valence-electron chi connectivity index (χ0n) is 26.3. The smallest absolute Gasteiger partial charge is 0.135 e. The molecule has 9 aromatic rings. The van der Waals surface area contributed by atoms with E-state index in [1.54, 1.807) is 0 Å². The minimum absolute atomic E-state index is 0.885. The van der Waals surface area contributed by atoms with E-state index in [0.717, 1.165) is 44.9 Å². The van der Waals surface area contributed by atoms with Gasteiger partial charge < -0.3 is 9.32 Å². The lowest BCUT2D eigenvalue weighted by atomic mass is 9.98.